The predicted octanol–water partition coefficient (Wildman–Crippen LogP) is 2.36. The fourth-order valence-corrected chi connectivity index (χ4v) is 3.48. The Balaban J connectivity index is 1.74. The van der Waals surface area contributed by atoms with Gasteiger partial charge in [-0.2, -0.15) is 0 Å². The lowest BCUT2D eigenvalue weighted by atomic mass is 9.98. The van der Waals surface area contributed by atoms with Crippen molar-refractivity contribution in [2.75, 3.05) is 30.7 Å². The standard InChI is InChI=1S/C13H18N2S/c1-2-12-13(16-6-5-15-12)8-10(1)7-11-3-4-14-9-11/h1-2,8,11,14-15H,3-7,9H2. The van der Waals surface area contributed by atoms with Crippen molar-refractivity contribution in [2.24, 2.45) is 5.92 Å². The van der Waals surface area contributed by atoms with E-state index in [0.29, 0.717) is 0 Å². The molecule has 1 atom stereocenters. The van der Waals surface area contributed by atoms with Crippen molar-refractivity contribution in [2.45, 2.75) is 17.7 Å². The molecule has 2 N–H and O–H groups in total. The number of rotatable bonds is 2. The van der Waals surface area contributed by atoms with Gasteiger partial charge < -0.3 is 10.6 Å². The Hall–Kier alpha value is -0.670. The Morgan fingerprint density at radius 3 is 3.19 bits per heavy atom. The smallest absolute Gasteiger partial charge is 0.0478 e. The third kappa shape index (κ3) is 2.20. The molecule has 2 heterocycles. The van der Waals surface area contributed by atoms with E-state index in [1.54, 1.807) is 0 Å². The van der Waals surface area contributed by atoms with Gasteiger partial charge in [0.1, 0.15) is 0 Å². The summed E-state index contributed by atoms with van der Waals surface area (Å²) in [5, 5.41) is 6.89. The number of thioether (sulfide) groups is 1. The number of fused-ring (bicyclic) bond motifs is 1. The summed E-state index contributed by atoms with van der Waals surface area (Å²) in [5.41, 5.74) is 2.83. The van der Waals surface area contributed by atoms with Crippen molar-refractivity contribution in [3.63, 3.8) is 0 Å². The fourth-order valence-electron chi connectivity index (χ4n) is 2.53. The summed E-state index contributed by atoms with van der Waals surface area (Å²) in [7, 11) is 0. The van der Waals surface area contributed by atoms with Crippen LogP contribution in [0.3, 0.4) is 0 Å². The molecule has 2 aliphatic rings. The van der Waals surface area contributed by atoms with Gasteiger partial charge in [-0.1, -0.05) is 6.07 Å². The minimum absolute atomic E-state index is 0.847. The fraction of sp³-hybridized carbons (Fsp3) is 0.538. The van der Waals surface area contributed by atoms with Gasteiger partial charge in [-0.25, -0.2) is 0 Å². The molecule has 2 nitrogen and oxygen atoms in total. The van der Waals surface area contributed by atoms with E-state index in [1.807, 2.05) is 11.8 Å². The molecule has 1 aromatic rings. The largest absolute Gasteiger partial charge is 0.383 e. The van der Waals surface area contributed by atoms with Gasteiger partial charge in [0, 0.05) is 22.9 Å². The van der Waals surface area contributed by atoms with E-state index in [1.165, 1.54) is 47.8 Å². The Bertz CT molecular complexity index is 372. The summed E-state index contributed by atoms with van der Waals surface area (Å²) >= 11 is 1.98. The van der Waals surface area contributed by atoms with Crippen LogP contribution in [-0.4, -0.2) is 25.4 Å². The maximum atomic E-state index is 3.45. The van der Waals surface area contributed by atoms with Crippen LogP contribution in [0.4, 0.5) is 5.69 Å². The maximum Gasteiger partial charge on any atom is 0.0478 e. The van der Waals surface area contributed by atoms with Gasteiger partial charge >= 0.3 is 0 Å². The van der Waals surface area contributed by atoms with E-state index in [0.717, 1.165) is 12.5 Å². The van der Waals surface area contributed by atoms with Crippen LogP contribution >= 0.6 is 11.8 Å². The van der Waals surface area contributed by atoms with Crippen LogP contribution in [-0.2, 0) is 6.42 Å². The molecule has 1 unspecified atom stereocenters. The molecule has 0 aliphatic carbocycles. The molecule has 1 fully saturated rings. The number of benzene rings is 1. The first-order chi connectivity index (χ1) is 7.92. The Morgan fingerprint density at radius 2 is 2.31 bits per heavy atom. The summed E-state index contributed by atoms with van der Waals surface area (Å²) in [6.45, 7) is 3.50. The van der Waals surface area contributed by atoms with Gasteiger partial charge in [-0.3, -0.25) is 0 Å². The molecule has 0 saturated carbocycles. The lowest BCUT2D eigenvalue weighted by Crippen LogP contribution is -2.12. The van der Waals surface area contributed by atoms with Gasteiger partial charge in [0.25, 0.3) is 0 Å². The molecule has 1 saturated heterocycles. The average Bonchev–Trinajstić information content (AvgIpc) is 2.82. The maximum absolute atomic E-state index is 3.45. The Kier molecular flexibility index (Phi) is 3.06. The van der Waals surface area contributed by atoms with E-state index in [2.05, 4.69) is 28.8 Å². The van der Waals surface area contributed by atoms with Crippen molar-refractivity contribution < 1.29 is 0 Å². The lowest BCUT2D eigenvalue weighted by Gasteiger charge is -2.18. The molecule has 3 heteroatoms. The van der Waals surface area contributed by atoms with Gasteiger partial charge in [0.15, 0.2) is 0 Å². The summed E-state index contributed by atoms with van der Waals surface area (Å²) in [5.74, 6) is 2.04. The minimum Gasteiger partial charge on any atom is -0.383 e. The third-order valence-electron chi connectivity index (χ3n) is 3.41. The van der Waals surface area contributed by atoms with Crippen molar-refractivity contribution in [1.82, 2.24) is 5.32 Å². The second-order valence-electron chi connectivity index (χ2n) is 4.67. The van der Waals surface area contributed by atoms with Gasteiger partial charge in [-0.15, -0.1) is 11.8 Å². The summed E-state index contributed by atoms with van der Waals surface area (Å²) in [6.07, 6.45) is 2.57. The normalized spacial score (nSPS) is 23.9. The number of hydrogen-bond acceptors (Lipinski definition) is 3. The van der Waals surface area contributed by atoms with Gasteiger partial charge in [0.05, 0.1) is 0 Å². The van der Waals surface area contributed by atoms with Gasteiger partial charge in [0.2, 0.25) is 0 Å². The summed E-state index contributed by atoms with van der Waals surface area (Å²) < 4.78 is 0. The highest BCUT2D eigenvalue weighted by molar-refractivity contribution is 7.99. The van der Waals surface area contributed by atoms with E-state index in [-0.39, 0.29) is 0 Å². The van der Waals surface area contributed by atoms with Crippen LogP contribution in [0.5, 0.6) is 0 Å². The molecule has 0 amide bonds. The van der Waals surface area contributed by atoms with E-state index < -0.39 is 0 Å². The topological polar surface area (TPSA) is 24.1 Å². The second kappa shape index (κ2) is 4.68. The molecule has 0 bridgehead atoms. The zero-order valence-electron chi connectivity index (χ0n) is 9.46. The highest BCUT2D eigenvalue weighted by Gasteiger charge is 2.16. The molecular weight excluding hydrogens is 216 g/mol. The van der Waals surface area contributed by atoms with Crippen molar-refractivity contribution in [3.05, 3.63) is 23.8 Å². The van der Waals surface area contributed by atoms with Crippen LogP contribution in [0.1, 0.15) is 12.0 Å². The monoisotopic (exact) mass is 234 g/mol. The van der Waals surface area contributed by atoms with Crippen molar-refractivity contribution in [1.29, 1.82) is 0 Å². The zero-order valence-corrected chi connectivity index (χ0v) is 10.3. The summed E-state index contributed by atoms with van der Waals surface area (Å²) in [4.78, 5) is 1.44. The molecule has 0 spiro atoms. The molecule has 86 valence electrons. The number of nitrogens with one attached hydrogen (secondary N) is 2. The first kappa shape index (κ1) is 10.5. The number of anilines is 1. The number of hydrogen-bond donors (Lipinski definition) is 2. The van der Waals surface area contributed by atoms with E-state index in [9.17, 15) is 0 Å². The van der Waals surface area contributed by atoms with E-state index in [4.69, 9.17) is 0 Å². The first-order valence-corrected chi connectivity index (χ1v) is 7.11. The summed E-state index contributed by atoms with van der Waals surface area (Å²) in [6, 6.07) is 6.92. The highest BCUT2D eigenvalue weighted by Crippen LogP contribution is 2.32. The molecule has 2 aliphatic heterocycles. The molecule has 0 aromatic heterocycles. The Labute approximate surface area is 101 Å². The molecular formula is C13H18N2S. The molecule has 0 radical (unpaired) electrons. The second-order valence-corrected chi connectivity index (χ2v) is 5.81. The average molecular weight is 234 g/mol. The van der Waals surface area contributed by atoms with Crippen molar-refractivity contribution >= 4 is 17.4 Å². The Morgan fingerprint density at radius 1 is 1.31 bits per heavy atom. The van der Waals surface area contributed by atoms with E-state index >= 15 is 0 Å². The SMILES string of the molecule is c1cc2c(cc1CC1CCNC1)SCCN2. The first-order valence-electron chi connectivity index (χ1n) is 6.12. The van der Waals surface area contributed by atoms with Crippen LogP contribution in [0.15, 0.2) is 23.1 Å². The van der Waals surface area contributed by atoms with Gasteiger partial charge in [-0.05, 0) is 49.5 Å². The lowest BCUT2D eigenvalue weighted by molar-refractivity contribution is 0.579. The molecule has 16 heavy (non-hydrogen) atoms. The highest BCUT2D eigenvalue weighted by atomic mass is 32.2. The predicted molar refractivity (Wildman–Crippen MR) is 70.3 cm³/mol. The van der Waals surface area contributed by atoms with Crippen LogP contribution in [0.2, 0.25) is 0 Å². The van der Waals surface area contributed by atoms with Crippen LogP contribution in [0.25, 0.3) is 0 Å². The quantitative estimate of drug-likeness (QED) is 0.821. The minimum atomic E-state index is 0.847. The zero-order chi connectivity index (χ0) is 10.8. The third-order valence-corrected chi connectivity index (χ3v) is 4.46. The molecule has 1 aromatic carbocycles. The van der Waals surface area contributed by atoms with Crippen molar-refractivity contribution in [3.8, 4) is 0 Å². The van der Waals surface area contributed by atoms with Crippen LogP contribution in [0, 0.1) is 5.92 Å². The van der Waals surface area contributed by atoms with Crippen LogP contribution < -0.4 is 10.6 Å². The molecule has 3 rings (SSSR count).